The van der Waals surface area contributed by atoms with Gasteiger partial charge in [0.1, 0.15) is 23.0 Å². The van der Waals surface area contributed by atoms with Crippen LogP contribution in [0, 0.1) is 0 Å². The Hall–Kier alpha value is -1.64. The minimum absolute atomic E-state index is 0.153. The van der Waals surface area contributed by atoms with Gasteiger partial charge in [-0.05, 0) is 59.8 Å². The molecule has 0 saturated carbocycles. The summed E-state index contributed by atoms with van der Waals surface area (Å²) < 4.78 is 10.7. The first-order valence-corrected chi connectivity index (χ1v) is 7.11. The third-order valence-electron chi connectivity index (χ3n) is 2.03. The summed E-state index contributed by atoms with van der Waals surface area (Å²) in [7, 11) is -1.64. The van der Waals surface area contributed by atoms with Crippen LogP contribution in [0.25, 0.3) is 0 Å². The number of aromatic hydroxyl groups is 2. The maximum absolute atomic E-state index is 9.11. The van der Waals surface area contributed by atoms with Crippen molar-refractivity contribution in [1.29, 1.82) is 0 Å². The molecule has 0 heterocycles. The molecule has 0 bridgehead atoms. The maximum Gasteiger partial charge on any atom is 0.401 e. The van der Waals surface area contributed by atoms with Gasteiger partial charge in [0.05, 0.1) is 0 Å². The molecule has 0 spiro atoms. The number of halogens is 1. The van der Waals surface area contributed by atoms with Gasteiger partial charge >= 0.3 is 7.73 Å². The maximum atomic E-state index is 9.11. The van der Waals surface area contributed by atoms with Crippen molar-refractivity contribution in [2.75, 3.05) is 0 Å². The van der Waals surface area contributed by atoms with E-state index in [-0.39, 0.29) is 11.5 Å². The highest BCUT2D eigenvalue weighted by molar-refractivity contribution is 7.76. The van der Waals surface area contributed by atoms with Gasteiger partial charge in [-0.15, -0.1) is 0 Å². The van der Waals surface area contributed by atoms with E-state index in [1.807, 2.05) is 0 Å². The topological polar surface area (TPSA) is 58.9 Å². The van der Waals surface area contributed by atoms with Gasteiger partial charge < -0.3 is 19.3 Å². The molecular formula is C12H10ClO4P. The lowest BCUT2D eigenvalue weighted by atomic mass is 10.3. The fraction of sp³-hybridized carbons (Fsp3) is 0. The van der Waals surface area contributed by atoms with Crippen LogP contribution in [-0.4, -0.2) is 10.2 Å². The van der Waals surface area contributed by atoms with Crippen LogP contribution >= 0.6 is 19.0 Å². The first-order chi connectivity index (χ1) is 8.63. The zero-order chi connectivity index (χ0) is 13.0. The van der Waals surface area contributed by atoms with E-state index in [9.17, 15) is 0 Å². The molecule has 0 unspecified atom stereocenters. The van der Waals surface area contributed by atoms with Gasteiger partial charge in [-0.2, -0.15) is 0 Å². The average molecular weight is 285 g/mol. The second-order valence-corrected chi connectivity index (χ2v) is 5.00. The number of phenols is 2. The minimum atomic E-state index is -1.64. The normalized spacial score (nSPS) is 10.3. The molecule has 0 aliphatic heterocycles. The highest BCUT2D eigenvalue weighted by Crippen LogP contribution is 2.44. The third-order valence-corrected chi connectivity index (χ3v) is 3.15. The molecule has 0 aliphatic rings. The molecule has 0 fully saturated rings. The van der Waals surface area contributed by atoms with Crippen LogP contribution in [0.3, 0.4) is 0 Å². The quantitative estimate of drug-likeness (QED) is 0.833. The fourth-order valence-electron chi connectivity index (χ4n) is 1.20. The lowest BCUT2D eigenvalue weighted by molar-refractivity contribution is 0.470. The van der Waals surface area contributed by atoms with Gasteiger partial charge in [0.25, 0.3) is 0 Å². The molecule has 0 aliphatic carbocycles. The Bertz CT molecular complexity index is 453. The van der Waals surface area contributed by atoms with Gasteiger partial charge in [0, 0.05) is 0 Å². The van der Waals surface area contributed by atoms with Crippen molar-refractivity contribution < 1.29 is 19.3 Å². The molecule has 4 nitrogen and oxygen atoms in total. The van der Waals surface area contributed by atoms with E-state index in [0.29, 0.717) is 11.5 Å². The Balaban J connectivity index is 1.94. The Labute approximate surface area is 110 Å². The van der Waals surface area contributed by atoms with E-state index in [1.54, 1.807) is 24.3 Å². The molecule has 0 radical (unpaired) electrons. The van der Waals surface area contributed by atoms with E-state index in [4.69, 9.17) is 30.5 Å². The molecule has 2 N–H and O–H groups in total. The molecule has 0 amide bonds. The predicted molar refractivity (Wildman–Crippen MR) is 70.2 cm³/mol. The molecule has 0 atom stereocenters. The van der Waals surface area contributed by atoms with Gasteiger partial charge in [-0.3, -0.25) is 0 Å². The zero-order valence-electron chi connectivity index (χ0n) is 9.15. The number of phenolic OH excluding ortho intramolecular Hbond substituents is 2. The van der Waals surface area contributed by atoms with Crippen LogP contribution in [0.4, 0.5) is 0 Å². The number of rotatable bonds is 4. The van der Waals surface area contributed by atoms with Crippen molar-refractivity contribution in [2.24, 2.45) is 0 Å². The monoisotopic (exact) mass is 284 g/mol. The molecule has 94 valence electrons. The second kappa shape index (κ2) is 5.80. The Morgan fingerprint density at radius 1 is 0.722 bits per heavy atom. The van der Waals surface area contributed by atoms with Crippen molar-refractivity contribution in [3.05, 3.63) is 48.5 Å². The average Bonchev–Trinajstić information content (AvgIpc) is 2.35. The summed E-state index contributed by atoms with van der Waals surface area (Å²) in [6, 6.07) is 12.3. The highest BCUT2D eigenvalue weighted by Gasteiger charge is 2.11. The van der Waals surface area contributed by atoms with Crippen molar-refractivity contribution in [1.82, 2.24) is 0 Å². The second-order valence-electron chi connectivity index (χ2n) is 3.38. The summed E-state index contributed by atoms with van der Waals surface area (Å²) in [6.07, 6.45) is 0. The van der Waals surface area contributed by atoms with E-state index < -0.39 is 7.73 Å². The predicted octanol–water partition coefficient (Wildman–Crippen LogP) is 4.02. The summed E-state index contributed by atoms with van der Waals surface area (Å²) in [5.74, 6) is 1.32. The minimum Gasteiger partial charge on any atom is -0.508 e. The van der Waals surface area contributed by atoms with Crippen LogP contribution in [0.2, 0.25) is 0 Å². The van der Waals surface area contributed by atoms with Crippen LogP contribution in [0.15, 0.2) is 48.5 Å². The standard InChI is InChI=1S/C12H10ClO4P/c13-18(16-11-5-1-9(14)2-6-11)17-12-7-3-10(15)4-8-12/h1-8,14-15H. The smallest absolute Gasteiger partial charge is 0.401 e. The SMILES string of the molecule is Oc1ccc(OP(Cl)Oc2ccc(O)cc2)cc1. The number of benzene rings is 2. The fourth-order valence-corrected chi connectivity index (χ4v) is 2.29. The summed E-state index contributed by atoms with van der Waals surface area (Å²) in [4.78, 5) is 0. The van der Waals surface area contributed by atoms with Crippen molar-refractivity contribution in [3.63, 3.8) is 0 Å². The van der Waals surface area contributed by atoms with E-state index in [0.717, 1.165) is 0 Å². The molecule has 2 aromatic carbocycles. The van der Waals surface area contributed by atoms with Crippen LogP contribution in [0.1, 0.15) is 0 Å². The molecule has 18 heavy (non-hydrogen) atoms. The first-order valence-electron chi connectivity index (χ1n) is 5.03. The van der Waals surface area contributed by atoms with E-state index in [1.165, 1.54) is 24.3 Å². The summed E-state index contributed by atoms with van der Waals surface area (Å²) in [5.41, 5.74) is 0. The lowest BCUT2D eigenvalue weighted by Gasteiger charge is -2.12. The van der Waals surface area contributed by atoms with Gasteiger partial charge in [0.2, 0.25) is 0 Å². The zero-order valence-corrected chi connectivity index (χ0v) is 10.8. The summed E-state index contributed by atoms with van der Waals surface area (Å²) in [5, 5.41) is 18.2. The highest BCUT2D eigenvalue weighted by atomic mass is 35.7. The van der Waals surface area contributed by atoms with Gasteiger partial charge in [-0.1, -0.05) is 0 Å². The third kappa shape index (κ3) is 3.69. The van der Waals surface area contributed by atoms with Crippen molar-refractivity contribution in [2.45, 2.75) is 0 Å². The number of hydrogen-bond acceptors (Lipinski definition) is 4. The molecule has 2 aromatic rings. The van der Waals surface area contributed by atoms with Crippen LogP contribution in [-0.2, 0) is 0 Å². The molecular weight excluding hydrogens is 275 g/mol. The van der Waals surface area contributed by atoms with Crippen molar-refractivity contribution in [3.8, 4) is 23.0 Å². The molecule has 0 aromatic heterocycles. The Morgan fingerprint density at radius 2 is 1.06 bits per heavy atom. The Kier molecular flexibility index (Phi) is 4.13. The van der Waals surface area contributed by atoms with Crippen LogP contribution in [0.5, 0.6) is 23.0 Å². The van der Waals surface area contributed by atoms with Crippen LogP contribution < -0.4 is 9.05 Å². The Morgan fingerprint density at radius 3 is 1.39 bits per heavy atom. The molecule has 2 rings (SSSR count). The lowest BCUT2D eigenvalue weighted by Crippen LogP contribution is -1.89. The van der Waals surface area contributed by atoms with E-state index >= 15 is 0 Å². The molecule has 6 heteroatoms. The van der Waals surface area contributed by atoms with E-state index in [2.05, 4.69) is 0 Å². The van der Waals surface area contributed by atoms with Gasteiger partial charge in [-0.25, -0.2) is 0 Å². The molecule has 0 saturated heterocycles. The largest absolute Gasteiger partial charge is 0.508 e. The summed E-state index contributed by atoms with van der Waals surface area (Å²) >= 11 is 5.92. The number of hydrogen-bond donors (Lipinski definition) is 2. The first kappa shape index (κ1) is 12.8. The van der Waals surface area contributed by atoms with Crippen molar-refractivity contribution >= 4 is 19.0 Å². The van der Waals surface area contributed by atoms with Gasteiger partial charge in [0.15, 0.2) is 0 Å². The summed E-state index contributed by atoms with van der Waals surface area (Å²) in [6.45, 7) is 0.